The molecule has 2 aromatic rings. The molecule has 2 atom stereocenters. The number of hydrogen-bond donors (Lipinski definition) is 1. The average molecular weight is 422 g/mol. The van der Waals surface area contributed by atoms with E-state index in [1.165, 1.54) is 17.2 Å². The Morgan fingerprint density at radius 2 is 2.03 bits per heavy atom. The van der Waals surface area contributed by atoms with Crippen LogP contribution in [0.15, 0.2) is 36.7 Å². The third kappa shape index (κ3) is 3.25. The maximum atomic E-state index is 14.3. The van der Waals surface area contributed by atoms with Crippen LogP contribution in [0.2, 0.25) is 0 Å². The molecular formula is C20H21F3N4O3. The van der Waals surface area contributed by atoms with E-state index in [1.807, 2.05) is 0 Å². The average Bonchev–Trinajstić information content (AvgIpc) is 3.01. The van der Waals surface area contributed by atoms with Crippen molar-refractivity contribution in [3.8, 4) is 11.5 Å². The van der Waals surface area contributed by atoms with Gasteiger partial charge in [0.2, 0.25) is 0 Å². The Balaban J connectivity index is 1.73. The van der Waals surface area contributed by atoms with E-state index in [2.05, 4.69) is 9.72 Å². The predicted molar refractivity (Wildman–Crippen MR) is 102 cm³/mol. The number of aromatic nitrogens is 1. The molecule has 3 heterocycles. The highest BCUT2D eigenvalue weighted by Gasteiger charge is 2.49. The van der Waals surface area contributed by atoms with Gasteiger partial charge >= 0.3 is 12.3 Å². The van der Waals surface area contributed by atoms with Gasteiger partial charge in [-0.05, 0) is 19.1 Å². The first-order valence-electron chi connectivity index (χ1n) is 9.43. The number of piperazine rings is 1. The first kappa shape index (κ1) is 20.1. The fourth-order valence-electron chi connectivity index (χ4n) is 4.26. The number of rotatable bonds is 3. The van der Waals surface area contributed by atoms with Gasteiger partial charge in [0.1, 0.15) is 0 Å². The number of halogens is 3. The van der Waals surface area contributed by atoms with Crippen LogP contribution in [0.4, 0.5) is 23.7 Å². The lowest BCUT2D eigenvalue weighted by atomic mass is 9.78. The summed E-state index contributed by atoms with van der Waals surface area (Å²) in [5, 5.41) is 0. The second kappa shape index (κ2) is 6.96. The predicted octanol–water partition coefficient (Wildman–Crippen LogP) is 3.31. The lowest BCUT2D eigenvalue weighted by molar-refractivity contribution is -0.287. The molecule has 1 unspecified atom stereocenters. The van der Waals surface area contributed by atoms with Crippen molar-refractivity contribution in [3.05, 3.63) is 48.0 Å². The van der Waals surface area contributed by atoms with Gasteiger partial charge in [0, 0.05) is 37.3 Å². The number of carbonyl (C=O) groups excluding carboxylic acids is 1. The van der Waals surface area contributed by atoms with Gasteiger partial charge in [-0.3, -0.25) is 4.98 Å². The van der Waals surface area contributed by atoms with Crippen LogP contribution < -0.4 is 20.1 Å². The molecule has 7 nitrogen and oxygen atoms in total. The highest BCUT2D eigenvalue weighted by Crippen LogP contribution is 2.49. The highest BCUT2D eigenvalue weighted by atomic mass is 19.3. The lowest BCUT2D eigenvalue weighted by Gasteiger charge is -2.52. The first-order chi connectivity index (χ1) is 14.1. The Morgan fingerprint density at radius 3 is 2.73 bits per heavy atom. The summed E-state index contributed by atoms with van der Waals surface area (Å²) in [6, 6.07) is 5.52. The van der Waals surface area contributed by atoms with Crippen LogP contribution in [0, 0.1) is 5.82 Å². The van der Waals surface area contributed by atoms with E-state index in [1.54, 1.807) is 36.9 Å². The van der Waals surface area contributed by atoms with E-state index in [4.69, 9.17) is 10.5 Å². The van der Waals surface area contributed by atoms with Gasteiger partial charge in [0.15, 0.2) is 17.3 Å². The largest absolute Gasteiger partial charge is 0.586 e. The van der Waals surface area contributed by atoms with Gasteiger partial charge in [-0.25, -0.2) is 9.18 Å². The molecule has 0 radical (unpaired) electrons. The van der Waals surface area contributed by atoms with Gasteiger partial charge in [-0.1, -0.05) is 19.1 Å². The molecule has 160 valence electrons. The van der Waals surface area contributed by atoms with Crippen LogP contribution in [0.1, 0.15) is 25.3 Å². The zero-order valence-electron chi connectivity index (χ0n) is 16.4. The number of carbonyl (C=O) groups is 1. The van der Waals surface area contributed by atoms with Gasteiger partial charge in [0.25, 0.3) is 0 Å². The number of pyridine rings is 1. The van der Waals surface area contributed by atoms with Crippen molar-refractivity contribution in [3.63, 3.8) is 0 Å². The van der Waals surface area contributed by atoms with Crippen LogP contribution in [-0.4, -0.2) is 47.4 Å². The van der Waals surface area contributed by atoms with Crippen molar-refractivity contribution in [2.45, 2.75) is 31.6 Å². The normalized spacial score (nSPS) is 23.4. The van der Waals surface area contributed by atoms with E-state index < -0.39 is 29.6 Å². The molecule has 2 aliphatic heterocycles. The number of primary amides is 1. The van der Waals surface area contributed by atoms with Crippen molar-refractivity contribution in [2.75, 3.05) is 24.5 Å². The summed E-state index contributed by atoms with van der Waals surface area (Å²) in [4.78, 5) is 19.3. The number of para-hydroxylation sites is 1. The van der Waals surface area contributed by atoms with Crippen molar-refractivity contribution < 1.29 is 27.4 Å². The number of urea groups is 1. The molecule has 0 spiro atoms. The minimum Gasteiger partial charge on any atom is -0.395 e. The molecular weight excluding hydrogens is 401 g/mol. The fourth-order valence-corrected chi connectivity index (χ4v) is 4.26. The summed E-state index contributed by atoms with van der Waals surface area (Å²) in [5.41, 5.74) is 5.47. The second-order valence-electron chi connectivity index (χ2n) is 7.66. The van der Waals surface area contributed by atoms with Crippen LogP contribution in [0.5, 0.6) is 11.5 Å². The third-order valence-corrected chi connectivity index (χ3v) is 5.94. The Bertz CT molecular complexity index is 990. The van der Waals surface area contributed by atoms with Gasteiger partial charge in [0.05, 0.1) is 17.4 Å². The molecule has 1 fully saturated rings. The number of nitrogens with two attached hydrogens (primary N) is 1. The molecule has 1 aromatic heterocycles. The van der Waals surface area contributed by atoms with Crippen LogP contribution in [-0.2, 0) is 0 Å². The number of ether oxygens (including phenoxy) is 2. The molecule has 2 N–H and O–H groups in total. The van der Waals surface area contributed by atoms with Crippen molar-refractivity contribution in [1.29, 1.82) is 0 Å². The second-order valence-corrected chi connectivity index (χ2v) is 7.66. The molecule has 1 aromatic carbocycles. The zero-order chi connectivity index (χ0) is 21.7. The monoisotopic (exact) mass is 422 g/mol. The Hall–Kier alpha value is -3.17. The molecule has 0 bridgehead atoms. The molecule has 10 heteroatoms. The van der Waals surface area contributed by atoms with Crippen LogP contribution in [0.3, 0.4) is 0 Å². The van der Waals surface area contributed by atoms with E-state index in [9.17, 15) is 18.0 Å². The SMILES string of the molecule is C[C@H](c1cccc2c1OC(F)(F)O2)C1(C)CN(c2ccncc2F)CCN1C(N)=O. The summed E-state index contributed by atoms with van der Waals surface area (Å²) >= 11 is 0. The highest BCUT2D eigenvalue weighted by molar-refractivity contribution is 5.74. The number of benzene rings is 1. The Labute approximate surface area is 171 Å². The summed E-state index contributed by atoms with van der Waals surface area (Å²) in [6.45, 7) is 4.40. The summed E-state index contributed by atoms with van der Waals surface area (Å²) in [5.74, 6) is -1.14. The number of nitrogens with zero attached hydrogens (tertiary/aromatic N) is 3. The van der Waals surface area contributed by atoms with Crippen LogP contribution in [0.25, 0.3) is 0 Å². The minimum absolute atomic E-state index is 0.0761. The molecule has 1 saturated heterocycles. The van der Waals surface area contributed by atoms with Crippen LogP contribution >= 0.6 is 0 Å². The van der Waals surface area contributed by atoms with Crippen molar-refractivity contribution >= 4 is 11.7 Å². The third-order valence-electron chi connectivity index (χ3n) is 5.94. The number of fused-ring (bicyclic) bond motifs is 1. The maximum Gasteiger partial charge on any atom is 0.586 e. The lowest BCUT2D eigenvalue weighted by Crippen LogP contribution is -2.66. The van der Waals surface area contributed by atoms with E-state index in [0.717, 1.165) is 6.20 Å². The van der Waals surface area contributed by atoms with Crippen molar-refractivity contribution in [2.24, 2.45) is 5.73 Å². The Kier molecular flexibility index (Phi) is 4.67. The number of alkyl halides is 2. The fraction of sp³-hybridized carbons (Fsp3) is 0.400. The molecule has 0 aliphatic carbocycles. The van der Waals surface area contributed by atoms with Gasteiger partial charge in [-0.2, -0.15) is 0 Å². The first-order valence-corrected chi connectivity index (χ1v) is 9.43. The maximum absolute atomic E-state index is 14.3. The minimum atomic E-state index is -3.76. The standard InChI is InChI=1S/C20H21F3N4O3/c1-12(13-4-3-5-16-17(13)30-20(22,23)29-16)19(2)11-26(8-9-27(19)18(24)28)15-6-7-25-10-14(15)21/h3-7,10,12H,8-9,11H2,1-2H3,(H2,24,28)/t12-,19?/m1/s1. The smallest absolute Gasteiger partial charge is 0.395 e. The topological polar surface area (TPSA) is 80.9 Å². The van der Waals surface area contributed by atoms with E-state index in [-0.39, 0.29) is 24.6 Å². The molecule has 0 saturated carbocycles. The molecule has 4 rings (SSSR count). The van der Waals surface area contributed by atoms with Gasteiger partial charge in [-0.15, -0.1) is 8.78 Å². The number of hydrogen-bond acceptors (Lipinski definition) is 5. The summed E-state index contributed by atoms with van der Waals surface area (Å²) in [6.07, 6.45) is -1.16. The van der Waals surface area contributed by atoms with Crippen molar-refractivity contribution in [1.82, 2.24) is 9.88 Å². The molecule has 30 heavy (non-hydrogen) atoms. The molecule has 2 aliphatic rings. The quantitative estimate of drug-likeness (QED) is 0.821. The van der Waals surface area contributed by atoms with E-state index in [0.29, 0.717) is 17.8 Å². The van der Waals surface area contributed by atoms with E-state index >= 15 is 0 Å². The summed E-state index contributed by atoms with van der Waals surface area (Å²) in [7, 11) is 0. The summed E-state index contributed by atoms with van der Waals surface area (Å²) < 4.78 is 51.0. The van der Waals surface area contributed by atoms with Gasteiger partial charge < -0.3 is 25.0 Å². The Morgan fingerprint density at radius 1 is 1.27 bits per heavy atom. The molecule has 2 amide bonds. The number of amides is 2. The zero-order valence-corrected chi connectivity index (χ0v) is 16.4. The number of anilines is 1.